The van der Waals surface area contributed by atoms with E-state index in [1.54, 1.807) is 6.07 Å². The molecule has 0 radical (unpaired) electrons. The molecule has 6 heteroatoms. The fourth-order valence-electron chi connectivity index (χ4n) is 1.91. The second kappa shape index (κ2) is 5.36. The summed E-state index contributed by atoms with van der Waals surface area (Å²) < 4.78 is 14.1. The van der Waals surface area contributed by atoms with Gasteiger partial charge in [-0.3, -0.25) is 0 Å². The zero-order valence-corrected chi connectivity index (χ0v) is 12.5. The van der Waals surface area contributed by atoms with Crippen molar-refractivity contribution in [2.24, 2.45) is 0 Å². The first-order valence-corrected chi connectivity index (χ1v) is 7.24. The highest BCUT2D eigenvalue weighted by atomic mass is 79.9. The van der Waals surface area contributed by atoms with Gasteiger partial charge in [0, 0.05) is 23.5 Å². The lowest BCUT2D eigenvalue weighted by Gasteiger charge is -2.11. The first-order valence-electron chi connectivity index (χ1n) is 6.44. The summed E-state index contributed by atoms with van der Waals surface area (Å²) in [6, 6.07) is 6.31. The Balaban J connectivity index is 1.93. The molecule has 104 valence electrons. The number of aromatic nitrogens is 2. The number of hydrogen-bond acceptors (Lipinski definition) is 4. The largest absolute Gasteiger partial charge is 0.373 e. The molecule has 1 aromatic carbocycles. The molecule has 0 spiro atoms. The maximum atomic E-state index is 13.3. The monoisotopic (exact) mass is 336 g/mol. The maximum Gasteiger partial charge on any atom is 0.136 e. The molecule has 2 N–H and O–H groups in total. The summed E-state index contributed by atoms with van der Waals surface area (Å²) in [5, 5.41) is 6.16. The molecule has 1 saturated carbocycles. The lowest BCUT2D eigenvalue weighted by molar-refractivity contribution is 0.628. The average molecular weight is 337 g/mol. The Labute approximate surface area is 125 Å². The SMILES string of the molecule is CNc1cc(Nc2cc(F)ccc2Br)nc(C2CC2)n1. The first-order chi connectivity index (χ1) is 9.65. The molecule has 3 rings (SSSR count). The van der Waals surface area contributed by atoms with Crippen molar-refractivity contribution in [3.8, 4) is 0 Å². The third kappa shape index (κ3) is 2.90. The number of rotatable bonds is 4. The third-order valence-corrected chi connectivity index (χ3v) is 3.82. The molecule has 20 heavy (non-hydrogen) atoms. The predicted octanol–water partition coefficient (Wildman–Crippen LogP) is 4.04. The normalized spacial score (nSPS) is 14.2. The minimum Gasteiger partial charge on any atom is -0.373 e. The summed E-state index contributed by atoms with van der Waals surface area (Å²) in [5.41, 5.74) is 0.646. The fourth-order valence-corrected chi connectivity index (χ4v) is 2.26. The van der Waals surface area contributed by atoms with Gasteiger partial charge < -0.3 is 10.6 Å². The van der Waals surface area contributed by atoms with E-state index in [2.05, 4.69) is 36.5 Å². The third-order valence-electron chi connectivity index (χ3n) is 3.13. The molecule has 0 bridgehead atoms. The highest BCUT2D eigenvalue weighted by molar-refractivity contribution is 9.10. The first kappa shape index (κ1) is 13.3. The molecule has 0 amide bonds. The molecule has 1 aromatic heterocycles. The Kier molecular flexibility index (Phi) is 3.56. The molecule has 1 aliphatic rings. The summed E-state index contributed by atoms with van der Waals surface area (Å²) in [5.74, 6) is 2.43. The summed E-state index contributed by atoms with van der Waals surface area (Å²) in [4.78, 5) is 8.95. The molecule has 1 heterocycles. The van der Waals surface area contributed by atoms with Crippen LogP contribution in [0.5, 0.6) is 0 Å². The zero-order chi connectivity index (χ0) is 14.1. The topological polar surface area (TPSA) is 49.8 Å². The second-order valence-corrected chi connectivity index (χ2v) is 5.62. The van der Waals surface area contributed by atoms with Gasteiger partial charge in [-0.25, -0.2) is 14.4 Å². The van der Waals surface area contributed by atoms with E-state index in [9.17, 15) is 4.39 Å². The van der Waals surface area contributed by atoms with Crippen molar-refractivity contribution < 1.29 is 4.39 Å². The van der Waals surface area contributed by atoms with Crippen LogP contribution in [0.3, 0.4) is 0 Å². The van der Waals surface area contributed by atoms with Crippen molar-refractivity contribution in [1.29, 1.82) is 0 Å². The van der Waals surface area contributed by atoms with Crippen LogP contribution < -0.4 is 10.6 Å². The van der Waals surface area contributed by atoms with Crippen LogP contribution in [0.25, 0.3) is 0 Å². The van der Waals surface area contributed by atoms with Crippen LogP contribution in [-0.2, 0) is 0 Å². The van der Waals surface area contributed by atoms with E-state index in [4.69, 9.17) is 0 Å². The van der Waals surface area contributed by atoms with E-state index in [1.807, 2.05) is 13.1 Å². The van der Waals surface area contributed by atoms with Crippen LogP contribution in [0.1, 0.15) is 24.6 Å². The quantitative estimate of drug-likeness (QED) is 0.884. The van der Waals surface area contributed by atoms with Crippen molar-refractivity contribution in [2.75, 3.05) is 17.7 Å². The molecule has 0 unspecified atom stereocenters. The molecule has 1 fully saturated rings. The van der Waals surface area contributed by atoms with Gasteiger partial charge in [-0.1, -0.05) is 0 Å². The van der Waals surface area contributed by atoms with Crippen LogP contribution in [-0.4, -0.2) is 17.0 Å². The summed E-state index contributed by atoms with van der Waals surface area (Å²) in [7, 11) is 1.82. The molecule has 0 atom stereocenters. The van der Waals surface area contributed by atoms with Gasteiger partial charge in [0.15, 0.2) is 0 Å². The Morgan fingerprint density at radius 2 is 1.95 bits per heavy atom. The molecular weight excluding hydrogens is 323 g/mol. The highest BCUT2D eigenvalue weighted by Gasteiger charge is 2.27. The van der Waals surface area contributed by atoms with Crippen molar-refractivity contribution in [1.82, 2.24) is 9.97 Å². The Bertz CT molecular complexity index is 643. The van der Waals surface area contributed by atoms with Gasteiger partial charge in [0.1, 0.15) is 23.3 Å². The summed E-state index contributed by atoms with van der Waals surface area (Å²) in [6.45, 7) is 0. The molecule has 0 aliphatic heterocycles. The van der Waals surface area contributed by atoms with Gasteiger partial charge in [-0.15, -0.1) is 0 Å². The summed E-state index contributed by atoms with van der Waals surface area (Å²) >= 11 is 3.40. The minimum atomic E-state index is -0.291. The van der Waals surface area contributed by atoms with Crippen LogP contribution in [0.2, 0.25) is 0 Å². The number of halogens is 2. The summed E-state index contributed by atoms with van der Waals surface area (Å²) in [6.07, 6.45) is 2.27. The van der Waals surface area contributed by atoms with Crippen molar-refractivity contribution in [3.05, 3.63) is 40.4 Å². The van der Waals surface area contributed by atoms with Crippen LogP contribution >= 0.6 is 15.9 Å². The molecule has 1 aliphatic carbocycles. The van der Waals surface area contributed by atoms with E-state index in [1.165, 1.54) is 12.1 Å². The van der Waals surface area contributed by atoms with Gasteiger partial charge in [-0.05, 0) is 47.0 Å². The minimum absolute atomic E-state index is 0.291. The lowest BCUT2D eigenvalue weighted by Crippen LogP contribution is -2.03. The number of nitrogens with zero attached hydrogens (tertiary/aromatic N) is 2. The zero-order valence-electron chi connectivity index (χ0n) is 11.0. The van der Waals surface area contributed by atoms with E-state index in [0.29, 0.717) is 17.4 Å². The smallest absolute Gasteiger partial charge is 0.136 e. The fraction of sp³-hybridized carbons (Fsp3) is 0.286. The predicted molar refractivity (Wildman–Crippen MR) is 80.9 cm³/mol. The standard InChI is InChI=1S/C14H14BrFN4/c1-17-12-7-13(20-14(19-12)8-2-3-8)18-11-6-9(16)4-5-10(11)15/h4-8H,2-3H2,1H3,(H2,17,18,19,20). The number of hydrogen-bond donors (Lipinski definition) is 2. The van der Waals surface area contributed by atoms with E-state index in [0.717, 1.165) is 29.0 Å². The molecule has 4 nitrogen and oxygen atoms in total. The molecule has 0 saturated heterocycles. The number of benzene rings is 1. The van der Waals surface area contributed by atoms with Gasteiger partial charge >= 0.3 is 0 Å². The number of anilines is 3. The van der Waals surface area contributed by atoms with Gasteiger partial charge in [0.2, 0.25) is 0 Å². The van der Waals surface area contributed by atoms with E-state index in [-0.39, 0.29) is 5.82 Å². The van der Waals surface area contributed by atoms with Gasteiger partial charge in [0.05, 0.1) is 5.69 Å². The Hall–Kier alpha value is -1.69. The van der Waals surface area contributed by atoms with Crippen molar-refractivity contribution >= 4 is 33.3 Å². The van der Waals surface area contributed by atoms with Crippen molar-refractivity contribution in [3.63, 3.8) is 0 Å². The van der Waals surface area contributed by atoms with Crippen LogP contribution in [0.4, 0.5) is 21.7 Å². The van der Waals surface area contributed by atoms with E-state index >= 15 is 0 Å². The average Bonchev–Trinajstić information content (AvgIpc) is 3.27. The van der Waals surface area contributed by atoms with Crippen LogP contribution in [0, 0.1) is 5.82 Å². The lowest BCUT2D eigenvalue weighted by atomic mass is 10.3. The molecule has 2 aromatic rings. The Morgan fingerprint density at radius 1 is 1.20 bits per heavy atom. The highest BCUT2D eigenvalue weighted by Crippen LogP contribution is 2.39. The maximum absolute atomic E-state index is 13.3. The van der Waals surface area contributed by atoms with E-state index < -0.39 is 0 Å². The van der Waals surface area contributed by atoms with Gasteiger partial charge in [0.25, 0.3) is 0 Å². The molecular formula is C14H14BrFN4. The van der Waals surface area contributed by atoms with Crippen molar-refractivity contribution in [2.45, 2.75) is 18.8 Å². The second-order valence-electron chi connectivity index (χ2n) is 4.77. The Morgan fingerprint density at radius 3 is 2.65 bits per heavy atom. The van der Waals surface area contributed by atoms with Gasteiger partial charge in [-0.2, -0.15) is 0 Å². The number of nitrogens with one attached hydrogen (secondary N) is 2. The van der Waals surface area contributed by atoms with Crippen LogP contribution in [0.15, 0.2) is 28.7 Å².